The van der Waals surface area contributed by atoms with E-state index in [0.717, 1.165) is 19.4 Å². The van der Waals surface area contributed by atoms with Crippen molar-refractivity contribution in [3.05, 3.63) is 0 Å². The number of ether oxygens (including phenoxy) is 1. The molecule has 0 saturated carbocycles. The van der Waals surface area contributed by atoms with Crippen molar-refractivity contribution in [1.29, 1.82) is 0 Å². The lowest BCUT2D eigenvalue weighted by molar-refractivity contribution is -0.273. The second-order valence-corrected chi connectivity index (χ2v) is 3.12. The molecule has 0 aromatic heterocycles. The first kappa shape index (κ1) is 11.9. The van der Waals surface area contributed by atoms with E-state index in [-0.39, 0.29) is 19.3 Å². The largest absolute Gasteiger partial charge is 0.464 e. The van der Waals surface area contributed by atoms with Crippen LogP contribution in [-0.4, -0.2) is 37.7 Å². The van der Waals surface area contributed by atoms with Crippen LogP contribution in [0.4, 0.5) is 0 Å². The van der Waals surface area contributed by atoms with Crippen LogP contribution in [-0.2, 0) is 24.1 Å². The number of carbonyl (C=O) groups excluding carboxylic acids is 2. The molecule has 1 aliphatic heterocycles. The van der Waals surface area contributed by atoms with Crippen molar-refractivity contribution >= 4 is 11.9 Å². The van der Waals surface area contributed by atoms with Crippen LogP contribution in [0.25, 0.3) is 0 Å². The van der Waals surface area contributed by atoms with Crippen molar-refractivity contribution in [2.75, 3.05) is 19.8 Å². The fourth-order valence-electron chi connectivity index (χ4n) is 1.28. The van der Waals surface area contributed by atoms with E-state index in [1.54, 1.807) is 6.92 Å². The van der Waals surface area contributed by atoms with Crippen LogP contribution in [0.15, 0.2) is 0 Å². The van der Waals surface area contributed by atoms with Gasteiger partial charge in [-0.1, -0.05) is 0 Å². The zero-order valence-corrected chi connectivity index (χ0v) is 8.65. The molecule has 0 unspecified atom stereocenters. The Hall–Kier alpha value is -1.14. The second-order valence-electron chi connectivity index (χ2n) is 3.12. The molecule has 15 heavy (non-hydrogen) atoms. The van der Waals surface area contributed by atoms with Crippen molar-refractivity contribution in [3.8, 4) is 0 Å². The Balaban J connectivity index is 2.08. The van der Waals surface area contributed by atoms with Gasteiger partial charge in [-0.3, -0.25) is 4.89 Å². The van der Waals surface area contributed by atoms with Gasteiger partial charge in [-0.15, -0.1) is 0 Å². The van der Waals surface area contributed by atoms with E-state index in [1.807, 2.05) is 0 Å². The number of rotatable bonds is 5. The van der Waals surface area contributed by atoms with Crippen molar-refractivity contribution in [2.24, 2.45) is 0 Å². The Morgan fingerprint density at radius 1 is 1.47 bits per heavy atom. The van der Waals surface area contributed by atoms with Gasteiger partial charge in [0.25, 0.3) is 0 Å². The predicted molar refractivity (Wildman–Crippen MR) is 49.7 cm³/mol. The van der Waals surface area contributed by atoms with Gasteiger partial charge in [0.05, 0.1) is 6.61 Å². The average molecular weight is 217 g/mol. The molecule has 1 fully saturated rings. The molecule has 0 spiro atoms. The number of esters is 1. The molecule has 0 aromatic carbocycles. The highest BCUT2D eigenvalue weighted by Gasteiger charge is 2.24. The summed E-state index contributed by atoms with van der Waals surface area (Å²) in [7, 11) is 0. The monoisotopic (exact) mass is 217 g/mol. The third-order valence-corrected chi connectivity index (χ3v) is 1.97. The standard InChI is InChI=1S/C9H15NO5/c1-2-13-8(11)6-14-15-9(12)7-4-3-5-10-7/h7,10H,2-6H2,1H3/t7-/m0/s1. The molecule has 0 radical (unpaired) electrons. The molecule has 1 aliphatic rings. The smallest absolute Gasteiger partial charge is 0.359 e. The van der Waals surface area contributed by atoms with E-state index in [1.165, 1.54) is 0 Å². The molecule has 86 valence electrons. The second kappa shape index (κ2) is 6.36. The van der Waals surface area contributed by atoms with Crippen molar-refractivity contribution in [1.82, 2.24) is 5.32 Å². The molecule has 6 nitrogen and oxygen atoms in total. The summed E-state index contributed by atoms with van der Waals surface area (Å²) in [5, 5.41) is 2.95. The Kier molecular flexibility index (Phi) is 5.06. The predicted octanol–water partition coefficient (Wildman–Crippen LogP) is -0.224. The van der Waals surface area contributed by atoms with Gasteiger partial charge in [-0.2, -0.15) is 4.89 Å². The molecule has 1 rings (SSSR count). The van der Waals surface area contributed by atoms with Gasteiger partial charge in [0.2, 0.25) is 0 Å². The lowest BCUT2D eigenvalue weighted by atomic mass is 10.2. The lowest BCUT2D eigenvalue weighted by Gasteiger charge is -2.08. The molecule has 0 bridgehead atoms. The Morgan fingerprint density at radius 3 is 2.87 bits per heavy atom. The summed E-state index contributed by atoms with van der Waals surface area (Å²) >= 11 is 0. The normalized spacial score (nSPS) is 19.9. The van der Waals surface area contributed by atoms with Crippen molar-refractivity contribution in [2.45, 2.75) is 25.8 Å². The molecular weight excluding hydrogens is 202 g/mol. The summed E-state index contributed by atoms with van der Waals surface area (Å²) in [6, 6.07) is -0.313. The molecule has 1 saturated heterocycles. The minimum Gasteiger partial charge on any atom is -0.464 e. The average Bonchev–Trinajstić information content (AvgIpc) is 2.70. The van der Waals surface area contributed by atoms with E-state index in [0.29, 0.717) is 0 Å². The molecule has 0 aliphatic carbocycles. The highest BCUT2D eigenvalue weighted by Crippen LogP contribution is 2.06. The Labute approximate surface area is 87.8 Å². The summed E-state index contributed by atoms with van der Waals surface area (Å²) in [5.41, 5.74) is 0. The van der Waals surface area contributed by atoms with E-state index < -0.39 is 11.9 Å². The highest BCUT2D eigenvalue weighted by molar-refractivity contribution is 5.75. The van der Waals surface area contributed by atoms with Crippen molar-refractivity contribution < 1.29 is 24.1 Å². The van der Waals surface area contributed by atoms with E-state index >= 15 is 0 Å². The summed E-state index contributed by atoms with van der Waals surface area (Å²) in [6.45, 7) is 2.40. The van der Waals surface area contributed by atoms with Gasteiger partial charge in [-0.25, -0.2) is 9.59 Å². The van der Waals surface area contributed by atoms with E-state index in [4.69, 9.17) is 0 Å². The quantitative estimate of drug-likeness (QED) is 0.390. The third-order valence-electron chi connectivity index (χ3n) is 1.97. The third kappa shape index (κ3) is 4.26. The number of hydrogen-bond acceptors (Lipinski definition) is 6. The molecular formula is C9H15NO5. The SMILES string of the molecule is CCOC(=O)COOC(=O)[C@@H]1CCCN1. The fourth-order valence-corrected chi connectivity index (χ4v) is 1.28. The van der Waals surface area contributed by atoms with E-state index in [9.17, 15) is 9.59 Å². The highest BCUT2D eigenvalue weighted by atomic mass is 17.2. The first-order chi connectivity index (χ1) is 7.24. The van der Waals surface area contributed by atoms with Gasteiger partial charge < -0.3 is 10.1 Å². The maximum absolute atomic E-state index is 11.2. The van der Waals surface area contributed by atoms with Gasteiger partial charge >= 0.3 is 11.9 Å². The van der Waals surface area contributed by atoms with Crippen LogP contribution in [0.5, 0.6) is 0 Å². The zero-order chi connectivity index (χ0) is 11.1. The zero-order valence-electron chi connectivity index (χ0n) is 8.65. The molecule has 6 heteroatoms. The minimum absolute atomic E-state index is 0.278. The number of nitrogens with one attached hydrogen (secondary N) is 1. The van der Waals surface area contributed by atoms with Crippen LogP contribution in [0.2, 0.25) is 0 Å². The van der Waals surface area contributed by atoms with Gasteiger partial charge in [0.15, 0.2) is 6.61 Å². The minimum atomic E-state index is -0.551. The number of hydrogen-bond donors (Lipinski definition) is 1. The fraction of sp³-hybridized carbons (Fsp3) is 0.778. The van der Waals surface area contributed by atoms with Gasteiger partial charge in [0, 0.05) is 0 Å². The molecule has 0 aromatic rings. The maximum atomic E-state index is 11.2. The Bertz CT molecular complexity index is 225. The van der Waals surface area contributed by atoms with Crippen LogP contribution in [0.1, 0.15) is 19.8 Å². The van der Waals surface area contributed by atoms with Crippen molar-refractivity contribution in [3.63, 3.8) is 0 Å². The Morgan fingerprint density at radius 2 is 2.27 bits per heavy atom. The molecule has 1 N–H and O–H groups in total. The van der Waals surface area contributed by atoms with Crippen LogP contribution in [0, 0.1) is 0 Å². The van der Waals surface area contributed by atoms with Crippen LogP contribution < -0.4 is 5.32 Å². The first-order valence-corrected chi connectivity index (χ1v) is 4.96. The molecule has 0 amide bonds. The van der Waals surface area contributed by atoms with Gasteiger partial charge in [-0.05, 0) is 26.3 Å². The van der Waals surface area contributed by atoms with Crippen LogP contribution >= 0.6 is 0 Å². The first-order valence-electron chi connectivity index (χ1n) is 4.96. The van der Waals surface area contributed by atoms with Gasteiger partial charge in [0.1, 0.15) is 6.04 Å². The molecule has 1 heterocycles. The van der Waals surface area contributed by atoms with Crippen LogP contribution in [0.3, 0.4) is 0 Å². The molecule has 1 atom stereocenters. The lowest BCUT2D eigenvalue weighted by Crippen LogP contribution is -2.32. The van der Waals surface area contributed by atoms with E-state index in [2.05, 4.69) is 19.8 Å². The summed E-state index contributed by atoms with van der Waals surface area (Å²) < 4.78 is 4.58. The summed E-state index contributed by atoms with van der Waals surface area (Å²) in [5.74, 6) is -1.04. The maximum Gasteiger partial charge on any atom is 0.359 e. The summed E-state index contributed by atoms with van der Waals surface area (Å²) in [4.78, 5) is 30.9. The topological polar surface area (TPSA) is 73.9 Å². The summed E-state index contributed by atoms with van der Waals surface area (Å²) in [6.07, 6.45) is 1.68. The number of carbonyl (C=O) groups is 2.